The van der Waals surface area contributed by atoms with E-state index in [-0.39, 0.29) is 12.1 Å². The van der Waals surface area contributed by atoms with Gasteiger partial charge in [-0.15, -0.1) is 0 Å². The van der Waals surface area contributed by atoms with Crippen molar-refractivity contribution in [3.05, 3.63) is 72.4 Å². The third-order valence-electron chi connectivity index (χ3n) is 3.88. The zero-order chi connectivity index (χ0) is 19.2. The maximum absolute atomic E-state index is 11.9. The molecule has 5 nitrogen and oxygen atoms in total. The van der Waals surface area contributed by atoms with Crippen LogP contribution in [0.25, 0.3) is 23.0 Å². The van der Waals surface area contributed by atoms with Gasteiger partial charge in [-0.1, -0.05) is 18.2 Å². The quantitative estimate of drug-likeness (QED) is 0.478. The van der Waals surface area contributed by atoms with Crippen molar-refractivity contribution < 1.29 is 14.3 Å². The first kappa shape index (κ1) is 18.5. The fraction of sp³-hybridized carbons (Fsp3) is 0.182. The number of carbonyl (C=O) groups is 1. The molecule has 0 fully saturated rings. The summed E-state index contributed by atoms with van der Waals surface area (Å²) < 4.78 is 12.2. The topological polar surface area (TPSA) is 53.4 Å². The number of para-hydroxylation sites is 1. The predicted molar refractivity (Wildman–Crippen MR) is 106 cm³/mol. The SMILES string of the molecule is COc1ccc(-c2nn(-c3ccccc3)cc2C=CC(=O)OC(C)C)cc1. The van der Waals surface area contributed by atoms with Crippen molar-refractivity contribution in [2.45, 2.75) is 20.0 Å². The van der Waals surface area contributed by atoms with Crippen molar-refractivity contribution in [1.29, 1.82) is 0 Å². The molecular formula is C22H22N2O3. The maximum atomic E-state index is 11.9. The van der Waals surface area contributed by atoms with Gasteiger partial charge in [0.2, 0.25) is 0 Å². The lowest BCUT2D eigenvalue weighted by Crippen LogP contribution is -2.08. The Morgan fingerprint density at radius 1 is 1.07 bits per heavy atom. The Hall–Kier alpha value is -3.34. The summed E-state index contributed by atoms with van der Waals surface area (Å²) >= 11 is 0. The number of hydrogen-bond donors (Lipinski definition) is 0. The molecule has 0 bridgehead atoms. The lowest BCUT2D eigenvalue weighted by atomic mass is 10.1. The highest BCUT2D eigenvalue weighted by molar-refractivity contribution is 5.88. The van der Waals surface area contributed by atoms with Crippen LogP contribution in [0.5, 0.6) is 5.75 Å². The Balaban J connectivity index is 1.99. The molecule has 2 aromatic carbocycles. The minimum Gasteiger partial charge on any atom is -0.497 e. The molecule has 3 aromatic rings. The lowest BCUT2D eigenvalue weighted by molar-refractivity contribution is -0.141. The minimum absolute atomic E-state index is 0.157. The standard InChI is InChI=1S/C22H22N2O3/c1-16(2)27-21(25)14-11-18-15-24(19-7-5-4-6-8-19)23-22(18)17-9-12-20(26-3)13-10-17/h4-16H,1-3H3. The van der Waals surface area contributed by atoms with E-state index in [0.717, 1.165) is 28.3 Å². The molecule has 0 saturated carbocycles. The number of nitrogens with zero attached hydrogens (tertiary/aromatic N) is 2. The molecule has 0 amide bonds. The van der Waals surface area contributed by atoms with Crippen molar-refractivity contribution in [2.24, 2.45) is 0 Å². The number of aromatic nitrogens is 2. The second-order valence-electron chi connectivity index (χ2n) is 6.26. The van der Waals surface area contributed by atoms with E-state index in [2.05, 4.69) is 0 Å². The summed E-state index contributed by atoms with van der Waals surface area (Å²) in [6.07, 6.45) is 4.90. The van der Waals surface area contributed by atoms with Crippen LogP contribution in [0, 0.1) is 0 Å². The summed E-state index contributed by atoms with van der Waals surface area (Å²) in [6.45, 7) is 3.64. The number of carbonyl (C=O) groups excluding carboxylic acids is 1. The molecule has 1 heterocycles. The lowest BCUT2D eigenvalue weighted by Gasteiger charge is -2.04. The molecular weight excluding hydrogens is 340 g/mol. The van der Waals surface area contributed by atoms with Crippen LogP contribution in [-0.4, -0.2) is 29.0 Å². The zero-order valence-corrected chi connectivity index (χ0v) is 15.6. The van der Waals surface area contributed by atoms with Gasteiger partial charge in [0.15, 0.2) is 0 Å². The summed E-state index contributed by atoms with van der Waals surface area (Å²) in [4.78, 5) is 11.9. The van der Waals surface area contributed by atoms with Crippen LogP contribution in [0.3, 0.4) is 0 Å². The fourth-order valence-corrected chi connectivity index (χ4v) is 2.62. The van der Waals surface area contributed by atoms with Gasteiger partial charge in [0, 0.05) is 23.4 Å². The molecule has 0 spiro atoms. The molecule has 0 aliphatic heterocycles. The number of rotatable bonds is 6. The average molecular weight is 362 g/mol. The van der Waals surface area contributed by atoms with Crippen molar-refractivity contribution in [3.8, 4) is 22.7 Å². The number of benzene rings is 2. The summed E-state index contributed by atoms with van der Waals surface area (Å²) in [5.74, 6) is 0.400. The molecule has 3 rings (SSSR count). The molecule has 0 atom stereocenters. The van der Waals surface area contributed by atoms with Gasteiger partial charge in [0.25, 0.3) is 0 Å². The molecule has 138 valence electrons. The molecule has 0 aliphatic rings. The largest absolute Gasteiger partial charge is 0.497 e. The second kappa shape index (κ2) is 8.36. The van der Waals surface area contributed by atoms with Gasteiger partial charge >= 0.3 is 5.97 Å². The second-order valence-corrected chi connectivity index (χ2v) is 6.26. The van der Waals surface area contributed by atoms with Gasteiger partial charge in [-0.3, -0.25) is 0 Å². The fourth-order valence-electron chi connectivity index (χ4n) is 2.62. The maximum Gasteiger partial charge on any atom is 0.331 e. The van der Waals surface area contributed by atoms with E-state index in [1.54, 1.807) is 17.9 Å². The summed E-state index contributed by atoms with van der Waals surface area (Å²) in [7, 11) is 1.63. The van der Waals surface area contributed by atoms with Crippen LogP contribution in [0.2, 0.25) is 0 Å². The van der Waals surface area contributed by atoms with Gasteiger partial charge in [-0.05, 0) is 56.3 Å². The van der Waals surface area contributed by atoms with Crippen LogP contribution in [0.1, 0.15) is 19.4 Å². The zero-order valence-electron chi connectivity index (χ0n) is 15.6. The highest BCUT2D eigenvalue weighted by Crippen LogP contribution is 2.26. The Morgan fingerprint density at radius 2 is 1.78 bits per heavy atom. The highest BCUT2D eigenvalue weighted by atomic mass is 16.5. The number of esters is 1. The molecule has 5 heteroatoms. The van der Waals surface area contributed by atoms with E-state index in [1.807, 2.05) is 74.6 Å². The first-order valence-electron chi connectivity index (χ1n) is 8.75. The molecule has 27 heavy (non-hydrogen) atoms. The molecule has 0 radical (unpaired) electrons. The Labute approximate surface area is 158 Å². The van der Waals surface area contributed by atoms with Crippen molar-refractivity contribution >= 4 is 12.0 Å². The van der Waals surface area contributed by atoms with Crippen LogP contribution in [0.15, 0.2) is 66.9 Å². The normalized spacial score (nSPS) is 11.1. The Kier molecular flexibility index (Phi) is 5.71. The van der Waals surface area contributed by atoms with E-state index in [4.69, 9.17) is 14.6 Å². The Bertz CT molecular complexity index is 926. The summed E-state index contributed by atoms with van der Waals surface area (Å²) in [5.41, 5.74) is 3.47. The molecule has 0 aliphatic carbocycles. The van der Waals surface area contributed by atoms with Gasteiger partial charge < -0.3 is 9.47 Å². The third kappa shape index (κ3) is 4.64. The molecule has 0 saturated heterocycles. The first-order chi connectivity index (χ1) is 13.1. The number of methoxy groups -OCH3 is 1. The first-order valence-corrected chi connectivity index (χ1v) is 8.75. The van der Waals surface area contributed by atoms with E-state index < -0.39 is 0 Å². The van der Waals surface area contributed by atoms with Gasteiger partial charge in [-0.25, -0.2) is 9.48 Å². The average Bonchev–Trinajstić information content (AvgIpc) is 3.11. The number of ether oxygens (including phenoxy) is 2. The summed E-state index contributed by atoms with van der Waals surface area (Å²) in [6, 6.07) is 17.5. The summed E-state index contributed by atoms with van der Waals surface area (Å²) in [5, 5.41) is 4.72. The van der Waals surface area contributed by atoms with Crippen LogP contribution in [-0.2, 0) is 9.53 Å². The monoisotopic (exact) mass is 362 g/mol. The van der Waals surface area contributed by atoms with E-state index >= 15 is 0 Å². The van der Waals surface area contributed by atoms with Crippen molar-refractivity contribution in [1.82, 2.24) is 9.78 Å². The molecule has 0 N–H and O–H groups in total. The smallest absolute Gasteiger partial charge is 0.331 e. The minimum atomic E-state index is -0.377. The van der Waals surface area contributed by atoms with E-state index in [1.165, 1.54) is 6.08 Å². The predicted octanol–water partition coefficient (Wildman–Crippen LogP) is 4.51. The van der Waals surface area contributed by atoms with E-state index in [9.17, 15) is 4.79 Å². The van der Waals surface area contributed by atoms with E-state index in [0.29, 0.717) is 0 Å². The van der Waals surface area contributed by atoms with Gasteiger partial charge in [0.05, 0.1) is 24.6 Å². The van der Waals surface area contributed by atoms with Crippen LogP contribution >= 0.6 is 0 Å². The number of hydrogen-bond acceptors (Lipinski definition) is 4. The third-order valence-corrected chi connectivity index (χ3v) is 3.88. The van der Waals surface area contributed by atoms with Crippen molar-refractivity contribution in [3.63, 3.8) is 0 Å². The Morgan fingerprint density at radius 3 is 2.41 bits per heavy atom. The molecule has 0 unspecified atom stereocenters. The highest BCUT2D eigenvalue weighted by Gasteiger charge is 2.11. The molecule has 1 aromatic heterocycles. The van der Waals surface area contributed by atoms with Gasteiger partial charge in [0.1, 0.15) is 5.75 Å². The van der Waals surface area contributed by atoms with Crippen LogP contribution < -0.4 is 4.74 Å². The van der Waals surface area contributed by atoms with Crippen LogP contribution in [0.4, 0.5) is 0 Å². The van der Waals surface area contributed by atoms with Crippen molar-refractivity contribution in [2.75, 3.05) is 7.11 Å². The van der Waals surface area contributed by atoms with Gasteiger partial charge in [-0.2, -0.15) is 5.10 Å².